The standard InChI is InChI=1S/C13H13N3O/c1-16-7-6-15-13(16)12(14)11-8-9-4-2-3-5-10(9)17-11/h2-8,12H,14H2,1H3. The third kappa shape index (κ3) is 1.62. The van der Waals surface area contributed by atoms with Gasteiger partial charge < -0.3 is 14.7 Å². The summed E-state index contributed by atoms with van der Waals surface area (Å²) in [6, 6.07) is 9.50. The molecule has 3 rings (SSSR count). The van der Waals surface area contributed by atoms with Crippen molar-refractivity contribution in [2.24, 2.45) is 12.8 Å². The molecule has 1 aromatic carbocycles. The number of imidazole rings is 1. The van der Waals surface area contributed by atoms with Crippen LogP contribution in [0.2, 0.25) is 0 Å². The lowest BCUT2D eigenvalue weighted by molar-refractivity contribution is 0.509. The van der Waals surface area contributed by atoms with E-state index in [-0.39, 0.29) is 6.04 Å². The van der Waals surface area contributed by atoms with Crippen LogP contribution in [0.3, 0.4) is 0 Å². The van der Waals surface area contributed by atoms with E-state index in [0.717, 1.165) is 22.6 Å². The fourth-order valence-electron chi connectivity index (χ4n) is 1.96. The van der Waals surface area contributed by atoms with Crippen LogP contribution in [-0.4, -0.2) is 9.55 Å². The summed E-state index contributed by atoms with van der Waals surface area (Å²) >= 11 is 0. The van der Waals surface area contributed by atoms with Gasteiger partial charge in [0, 0.05) is 24.8 Å². The summed E-state index contributed by atoms with van der Waals surface area (Å²) in [5.41, 5.74) is 7.00. The number of nitrogens with zero attached hydrogens (tertiary/aromatic N) is 2. The van der Waals surface area contributed by atoms with Crippen molar-refractivity contribution in [3.8, 4) is 0 Å². The fourth-order valence-corrected chi connectivity index (χ4v) is 1.96. The molecule has 1 unspecified atom stereocenters. The topological polar surface area (TPSA) is 57.0 Å². The predicted molar refractivity (Wildman–Crippen MR) is 65.5 cm³/mol. The molecule has 86 valence electrons. The third-order valence-electron chi connectivity index (χ3n) is 2.89. The Hall–Kier alpha value is -2.07. The Morgan fingerprint density at radius 1 is 1.35 bits per heavy atom. The number of fused-ring (bicyclic) bond motifs is 1. The molecule has 0 saturated carbocycles. The highest BCUT2D eigenvalue weighted by atomic mass is 16.3. The van der Waals surface area contributed by atoms with Crippen molar-refractivity contribution >= 4 is 11.0 Å². The van der Waals surface area contributed by atoms with Crippen LogP contribution in [0.1, 0.15) is 17.6 Å². The van der Waals surface area contributed by atoms with E-state index in [1.807, 2.05) is 48.1 Å². The highest BCUT2D eigenvalue weighted by molar-refractivity contribution is 5.77. The van der Waals surface area contributed by atoms with Gasteiger partial charge in [0.2, 0.25) is 0 Å². The van der Waals surface area contributed by atoms with E-state index in [4.69, 9.17) is 10.2 Å². The molecule has 2 heterocycles. The molecule has 0 radical (unpaired) electrons. The summed E-state index contributed by atoms with van der Waals surface area (Å²) in [6.45, 7) is 0. The predicted octanol–water partition coefficient (Wildman–Crippen LogP) is 2.21. The SMILES string of the molecule is Cn1ccnc1C(N)c1cc2ccccc2o1. The Labute approximate surface area is 98.7 Å². The summed E-state index contributed by atoms with van der Waals surface area (Å²) < 4.78 is 7.63. The molecular weight excluding hydrogens is 214 g/mol. The molecule has 2 aromatic heterocycles. The zero-order valence-corrected chi connectivity index (χ0v) is 9.50. The van der Waals surface area contributed by atoms with Crippen LogP contribution in [0.15, 0.2) is 47.1 Å². The second kappa shape index (κ2) is 3.75. The van der Waals surface area contributed by atoms with E-state index in [1.165, 1.54) is 0 Å². The number of hydrogen-bond acceptors (Lipinski definition) is 3. The first-order chi connectivity index (χ1) is 8.25. The zero-order valence-electron chi connectivity index (χ0n) is 9.50. The minimum Gasteiger partial charge on any atom is -0.459 e. The van der Waals surface area contributed by atoms with Crippen molar-refractivity contribution in [3.05, 3.63) is 54.3 Å². The molecule has 0 aliphatic carbocycles. The van der Waals surface area contributed by atoms with E-state index in [2.05, 4.69) is 4.98 Å². The summed E-state index contributed by atoms with van der Waals surface area (Å²) in [7, 11) is 1.92. The van der Waals surface area contributed by atoms with Gasteiger partial charge in [0.15, 0.2) is 0 Å². The van der Waals surface area contributed by atoms with Crippen molar-refractivity contribution in [3.63, 3.8) is 0 Å². The van der Waals surface area contributed by atoms with Gasteiger partial charge in [0.25, 0.3) is 0 Å². The summed E-state index contributed by atoms with van der Waals surface area (Å²) in [4.78, 5) is 4.24. The van der Waals surface area contributed by atoms with Gasteiger partial charge in [-0.05, 0) is 12.1 Å². The van der Waals surface area contributed by atoms with E-state index < -0.39 is 0 Å². The second-order valence-electron chi connectivity index (χ2n) is 4.06. The van der Waals surface area contributed by atoms with Gasteiger partial charge >= 0.3 is 0 Å². The highest BCUT2D eigenvalue weighted by Gasteiger charge is 2.17. The Bertz CT molecular complexity index is 620. The van der Waals surface area contributed by atoms with E-state index in [9.17, 15) is 0 Å². The average molecular weight is 227 g/mol. The normalized spacial score (nSPS) is 13.1. The van der Waals surface area contributed by atoms with Crippen molar-refractivity contribution in [2.75, 3.05) is 0 Å². The smallest absolute Gasteiger partial charge is 0.134 e. The molecule has 0 bridgehead atoms. The van der Waals surface area contributed by atoms with Crippen LogP contribution in [0.25, 0.3) is 11.0 Å². The molecular formula is C13H13N3O. The number of furan rings is 1. The molecule has 0 saturated heterocycles. The molecule has 4 heteroatoms. The molecule has 0 aliphatic rings. The van der Waals surface area contributed by atoms with Crippen molar-refractivity contribution < 1.29 is 4.42 Å². The molecule has 3 aromatic rings. The van der Waals surface area contributed by atoms with Crippen LogP contribution in [-0.2, 0) is 7.05 Å². The monoisotopic (exact) mass is 227 g/mol. The van der Waals surface area contributed by atoms with Crippen LogP contribution in [0.4, 0.5) is 0 Å². The first-order valence-electron chi connectivity index (χ1n) is 5.47. The van der Waals surface area contributed by atoms with Crippen molar-refractivity contribution in [1.82, 2.24) is 9.55 Å². The van der Waals surface area contributed by atoms with Crippen LogP contribution in [0, 0.1) is 0 Å². The number of benzene rings is 1. The van der Waals surface area contributed by atoms with Crippen LogP contribution in [0.5, 0.6) is 0 Å². The minimum atomic E-state index is -0.331. The molecule has 2 N–H and O–H groups in total. The first kappa shape index (κ1) is 10.1. The summed E-state index contributed by atoms with van der Waals surface area (Å²) in [6.07, 6.45) is 3.61. The number of rotatable bonds is 2. The number of aromatic nitrogens is 2. The van der Waals surface area contributed by atoms with Gasteiger partial charge in [-0.2, -0.15) is 0 Å². The molecule has 0 spiro atoms. The van der Waals surface area contributed by atoms with Gasteiger partial charge in [-0.1, -0.05) is 18.2 Å². The van der Waals surface area contributed by atoms with Gasteiger partial charge in [0.05, 0.1) is 0 Å². The molecule has 17 heavy (non-hydrogen) atoms. The van der Waals surface area contributed by atoms with Gasteiger partial charge in [-0.25, -0.2) is 4.98 Å². The summed E-state index contributed by atoms with van der Waals surface area (Å²) in [5, 5.41) is 1.06. The minimum absolute atomic E-state index is 0.331. The maximum Gasteiger partial charge on any atom is 0.134 e. The summed E-state index contributed by atoms with van der Waals surface area (Å²) in [5.74, 6) is 1.53. The molecule has 0 aliphatic heterocycles. The Morgan fingerprint density at radius 2 is 2.18 bits per heavy atom. The van der Waals surface area contributed by atoms with E-state index in [0.29, 0.717) is 0 Å². The molecule has 0 amide bonds. The largest absolute Gasteiger partial charge is 0.459 e. The zero-order chi connectivity index (χ0) is 11.8. The maximum absolute atomic E-state index is 6.15. The lowest BCUT2D eigenvalue weighted by Gasteiger charge is -2.07. The van der Waals surface area contributed by atoms with E-state index >= 15 is 0 Å². The van der Waals surface area contributed by atoms with E-state index in [1.54, 1.807) is 6.20 Å². The van der Waals surface area contributed by atoms with Crippen LogP contribution < -0.4 is 5.73 Å². The van der Waals surface area contributed by atoms with Gasteiger partial charge in [-0.15, -0.1) is 0 Å². The third-order valence-corrected chi connectivity index (χ3v) is 2.89. The Morgan fingerprint density at radius 3 is 2.88 bits per heavy atom. The molecule has 4 nitrogen and oxygen atoms in total. The number of aryl methyl sites for hydroxylation is 1. The Kier molecular flexibility index (Phi) is 2.23. The number of para-hydroxylation sites is 1. The van der Waals surface area contributed by atoms with Gasteiger partial charge in [0.1, 0.15) is 23.2 Å². The first-order valence-corrected chi connectivity index (χ1v) is 5.47. The van der Waals surface area contributed by atoms with Crippen LogP contribution >= 0.6 is 0 Å². The Balaban J connectivity index is 2.07. The second-order valence-corrected chi connectivity index (χ2v) is 4.06. The average Bonchev–Trinajstić information content (AvgIpc) is 2.93. The van der Waals surface area contributed by atoms with Crippen molar-refractivity contribution in [1.29, 1.82) is 0 Å². The van der Waals surface area contributed by atoms with Gasteiger partial charge in [-0.3, -0.25) is 0 Å². The number of nitrogens with two attached hydrogens (primary N) is 1. The molecule has 0 fully saturated rings. The molecule has 1 atom stereocenters. The maximum atomic E-state index is 6.15. The fraction of sp³-hybridized carbons (Fsp3) is 0.154. The quantitative estimate of drug-likeness (QED) is 0.730. The lowest BCUT2D eigenvalue weighted by atomic mass is 10.2. The number of hydrogen-bond donors (Lipinski definition) is 1. The highest BCUT2D eigenvalue weighted by Crippen LogP contribution is 2.25. The lowest BCUT2D eigenvalue weighted by Crippen LogP contribution is -2.15. The van der Waals surface area contributed by atoms with Crippen molar-refractivity contribution in [2.45, 2.75) is 6.04 Å².